The highest BCUT2D eigenvalue weighted by molar-refractivity contribution is 6.04. The van der Waals surface area contributed by atoms with Crippen molar-refractivity contribution in [3.05, 3.63) is 72.4 Å². The van der Waals surface area contributed by atoms with Gasteiger partial charge < -0.3 is 15.4 Å². The van der Waals surface area contributed by atoms with Crippen LogP contribution in [-0.4, -0.2) is 43.5 Å². The molecule has 190 valence electrons. The molecule has 10 heteroatoms. The molecule has 10 nitrogen and oxygen atoms in total. The van der Waals surface area contributed by atoms with Gasteiger partial charge in [0.05, 0.1) is 6.04 Å². The summed E-state index contributed by atoms with van der Waals surface area (Å²) < 4.78 is 7.41. The second-order valence-corrected chi connectivity index (χ2v) is 9.84. The Morgan fingerprint density at radius 2 is 1.86 bits per heavy atom. The van der Waals surface area contributed by atoms with Crippen LogP contribution < -0.4 is 16.0 Å². The van der Waals surface area contributed by atoms with E-state index in [-0.39, 0.29) is 11.9 Å². The maximum atomic E-state index is 12.7. The molecule has 1 aliphatic rings. The van der Waals surface area contributed by atoms with Gasteiger partial charge in [0.15, 0.2) is 5.82 Å². The summed E-state index contributed by atoms with van der Waals surface area (Å²) in [5, 5.41) is 9.07. The van der Waals surface area contributed by atoms with Gasteiger partial charge in [-0.3, -0.25) is 14.5 Å². The van der Waals surface area contributed by atoms with Gasteiger partial charge in [-0.25, -0.2) is 19.7 Å². The van der Waals surface area contributed by atoms with Crippen LogP contribution in [0.4, 0.5) is 16.4 Å². The number of anilines is 2. The van der Waals surface area contributed by atoms with E-state index in [1.54, 1.807) is 57.4 Å². The molecule has 0 spiro atoms. The topological polar surface area (TPSA) is 123 Å². The first-order valence-electron chi connectivity index (χ1n) is 12.2. The third kappa shape index (κ3) is 5.44. The maximum absolute atomic E-state index is 12.7. The number of ether oxygens (including phenoxy) is 1. The summed E-state index contributed by atoms with van der Waals surface area (Å²) in [5.41, 5.74) is 1.93. The second kappa shape index (κ2) is 9.98. The number of nitrogens with one attached hydrogen (secondary N) is 3. The van der Waals surface area contributed by atoms with E-state index in [2.05, 4.69) is 25.9 Å². The lowest BCUT2D eigenvalue weighted by atomic mass is 10.1. The Bertz CT molecular complexity index is 1420. The van der Waals surface area contributed by atoms with Gasteiger partial charge in [-0.15, -0.1) is 0 Å². The summed E-state index contributed by atoms with van der Waals surface area (Å²) in [5.74, 6) is 1.41. The van der Waals surface area contributed by atoms with E-state index in [4.69, 9.17) is 9.72 Å². The van der Waals surface area contributed by atoms with Crippen molar-refractivity contribution in [3.8, 4) is 11.3 Å². The average molecular weight is 500 g/mol. The molecule has 4 aromatic rings. The maximum Gasteiger partial charge on any atom is 0.413 e. The molecule has 2 amide bonds. The fraction of sp³-hybridized carbons (Fsp3) is 0.296. The number of aromatic nitrogens is 4. The first-order valence-corrected chi connectivity index (χ1v) is 12.2. The summed E-state index contributed by atoms with van der Waals surface area (Å²) in [6.45, 7) is 6.34. The number of nitrogens with zero attached hydrogens (tertiary/aromatic N) is 4. The van der Waals surface area contributed by atoms with Gasteiger partial charge in [-0.05, 0) is 64.4 Å². The van der Waals surface area contributed by atoms with Gasteiger partial charge in [0.2, 0.25) is 0 Å². The minimum atomic E-state index is -0.650. The monoisotopic (exact) mass is 499 g/mol. The van der Waals surface area contributed by atoms with Crippen molar-refractivity contribution in [2.75, 3.05) is 17.2 Å². The number of hydrogen-bond acceptors (Lipinski definition) is 7. The molecule has 3 aromatic heterocycles. The number of fused-ring (bicyclic) bond motifs is 1. The molecule has 5 rings (SSSR count). The molecule has 1 fully saturated rings. The smallest absolute Gasteiger partial charge is 0.413 e. The molecule has 1 aromatic carbocycles. The van der Waals surface area contributed by atoms with Crippen molar-refractivity contribution < 1.29 is 14.3 Å². The Balaban J connectivity index is 1.51. The van der Waals surface area contributed by atoms with Gasteiger partial charge in [0, 0.05) is 29.7 Å². The van der Waals surface area contributed by atoms with Crippen molar-refractivity contribution >= 4 is 29.2 Å². The van der Waals surface area contributed by atoms with Crippen molar-refractivity contribution in [2.45, 2.75) is 45.3 Å². The number of carbonyl (C=O) groups is 2. The number of imidazole rings is 1. The lowest BCUT2D eigenvalue weighted by molar-refractivity contribution is 0.0635. The van der Waals surface area contributed by atoms with Crippen LogP contribution in [0, 0.1) is 0 Å². The number of rotatable bonds is 5. The fourth-order valence-electron chi connectivity index (χ4n) is 4.31. The molecule has 1 aliphatic heterocycles. The van der Waals surface area contributed by atoms with Crippen LogP contribution in [0.2, 0.25) is 0 Å². The van der Waals surface area contributed by atoms with E-state index in [0.29, 0.717) is 28.4 Å². The Hall–Kier alpha value is -4.31. The molecule has 0 aliphatic carbocycles. The third-order valence-corrected chi connectivity index (χ3v) is 5.90. The predicted molar refractivity (Wildman–Crippen MR) is 140 cm³/mol. The second-order valence-electron chi connectivity index (χ2n) is 9.84. The zero-order valence-corrected chi connectivity index (χ0v) is 21.0. The molecule has 4 heterocycles. The molecule has 0 unspecified atom stereocenters. The number of pyridine rings is 1. The number of amides is 2. The van der Waals surface area contributed by atoms with Crippen molar-refractivity contribution in [1.82, 2.24) is 24.7 Å². The first-order chi connectivity index (χ1) is 17.8. The van der Waals surface area contributed by atoms with Crippen molar-refractivity contribution in [3.63, 3.8) is 0 Å². The zero-order valence-electron chi connectivity index (χ0n) is 21.0. The van der Waals surface area contributed by atoms with Crippen LogP contribution in [0.1, 0.15) is 55.8 Å². The summed E-state index contributed by atoms with van der Waals surface area (Å²) in [6, 6.07) is 12.6. The summed E-state index contributed by atoms with van der Waals surface area (Å²) in [7, 11) is 0. The highest BCUT2D eigenvalue weighted by Crippen LogP contribution is 2.33. The SMILES string of the molecule is CC(C)(C)OC(=O)Nc1nccn2c([C@@H]3CCCN3)nc(-c3ccc(C(=O)Nc4ccccn4)cc3)c12. The predicted octanol–water partition coefficient (Wildman–Crippen LogP) is 4.82. The molecule has 1 saturated heterocycles. The van der Waals surface area contributed by atoms with Gasteiger partial charge in [0.1, 0.15) is 28.5 Å². The summed E-state index contributed by atoms with van der Waals surface area (Å²) in [4.78, 5) is 38.8. The van der Waals surface area contributed by atoms with Gasteiger partial charge >= 0.3 is 6.09 Å². The molecule has 0 saturated carbocycles. The zero-order chi connectivity index (χ0) is 26.0. The largest absolute Gasteiger partial charge is 0.444 e. The minimum Gasteiger partial charge on any atom is -0.444 e. The standard InChI is InChI=1S/C27H29N7O3/c1-27(2,3)37-26(36)33-23-22-21(32-24(19-7-6-14-28-19)34(22)16-15-30-23)17-9-11-18(12-10-17)25(35)31-20-8-4-5-13-29-20/h4-5,8-13,15-16,19,28H,6-7,14H2,1-3H3,(H,29,31,35)(H,30,33,36)/t19-/m0/s1. The molecule has 37 heavy (non-hydrogen) atoms. The average Bonchev–Trinajstić information content (AvgIpc) is 3.52. The molecule has 0 bridgehead atoms. The Morgan fingerprint density at radius 1 is 1.05 bits per heavy atom. The summed E-state index contributed by atoms with van der Waals surface area (Å²) in [6.07, 6.45) is 6.52. The van der Waals surface area contributed by atoms with E-state index < -0.39 is 11.7 Å². The van der Waals surface area contributed by atoms with Crippen molar-refractivity contribution in [2.24, 2.45) is 0 Å². The number of hydrogen-bond donors (Lipinski definition) is 3. The lowest BCUT2D eigenvalue weighted by Gasteiger charge is -2.19. The van der Waals surface area contributed by atoms with E-state index >= 15 is 0 Å². The minimum absolute atomic E-state index is 0.0847. The molecule has 0 radical (unpaired) electrons. The van der Waals surface area contributed by atoms with E-state index in [9.17, 15) is 9.59 Å². The van der Waals surface area contributed by atoms with Crippen LogP contribution in [0.3, 0.4) is 0 Å². The van der Waals surface area contributed by atoms with Crippen LogP contribution >= 0.6 is 0 Å². The number of benzene rings is 1. The Kier molecular flexibility index (Phi) is 6.58. The van der Waals surface area contributed by atoms with E-state index in [1.807, 2.05) is 28.8 Å². The highest BCUT2D eigenvalue weighted by Gasteiger charge is 2.26. The highest BCUT2D eigenvalue weighted by atomic mass is 16.6. The van der Waals surface area contributed by atoms with Crippen LogP contribution in [0.5, 0.6) is 0 Å². The third-order valence-electron chi connectivity index (χ3n) is 5.90. The molecule has 1 atom stereocenters. The van der Waals surface area contributed by atoms with Crippen LogP contribution in [-0.2, 0) is 4.74 Å². The van der Waals surface area contributed by atoms with Gasteiger partial charge in [0.25, 0.3) is 5.91 Å². The van der Waals surface area contributed by atoms with Gasteiger partial charge in [-0.1, -0.05) is 18.2 Å². The van der Waals surface area contributed by atoms with Gasteiger partial charge in [-0.2, -0.15) is 0 Å². The van der Waals surface area contributed by atoms with E-state index in [1.165, 1.54) is 0 Å². The van der Waals surface area contributed by atoms with Crippen LogP contribution in [0.15, 0.2) is 61.1 Å². The van der Waals surface area contributed by atoms with Crippen LogP contribution in [0.25, 0.3) is 16.8 Å². The van der Waals surface area contributed by atoms with E-state index in [0.717, 1.165) is 30.8 Å². The Labute approximate surface area is 214 Å². The molecular formula is C27H29N7O3. The summed E-state index contributed by atoms with van der Waals surface area (Å²) >= 11 is 0. The first kappa shape index (κ1) is 24.4. The Morgan fingerprint density at radius 3 is 2.54 bits per heavy atom. The van der Waals surface area contributed by atoms with Crippen molar-refractivity contribution in [1.29, 1.82) is 0 Å². The molecular weight excluding hydrogens is 470 g/mol. The quantitative estimate of drug-likeness (QED) is 0.360. The normalized spacial score (nSPS) is 15.5. The fourth-order valence-corrected chi connectivity index (χ4v) is 4.31. The number of carbonyl (C=O) groups excluding carboxylic acids is 2. The molecule has 3 N–H and O–H groups in total. The lowest BCUT2D eigenvalue weighted by Crippen LogP contribution is -2.27.